The van der Waals surface area contributed by atoms with Crippen molar-refractivity contribution in [2.24, 2.45) is 5.92 Å². The van der Waals surface area contributed by atoms with Gasteiger partial charge in [-0.1, -0.05) is 25.5 Å². The molecule has 1 fully saturated rings. The van der Waals surface area contributed by atoms with Crippen molar-refractivity contribution in [3.63, 3.8) is 0 Å². The van der Waals surface area contributed by atoms with Gasteiger partial charge in [0.15, 0.2) is 0 Å². The van der Waals surface area contributed by atoms with Crippen LogP contribution in [0.15, 0.2) is 18.2 Å². The molecule has 0 atom stereocenters. The van der Waals surface area contributed by atoms with Crippen LogP contribution in [0.5, 0.6) is 0 Å². The molecule has 0 bridgehead atoms. The molecule has 18 heavy (non-hydrogen) atoms. The fourth-order valence-electron chi connectivity index (χ4n) is 3.06. The number of rotatable bonds is 5. The van der Waals surface area contributed by atoms with Gasteiger partial charge < -0.3 is 5.32 Å². The van der Waals surface area contributed by atoms with Crippen LogP contribution in [0.1, 0.15) is 37.3 Å². The number of fused-ring (bicyclic) bond motifs is 1. The van der Waals surface area contributed by atoms with Gasteiger partial charge in [0.2, 0.25) is 0 Å². The summed E-state index contributed by atoms with van der Waals surface area (Å²) in [6.07, 6.45) is 5.54. The number of anilines is 1. The van der Waals surface area contributed by atoms with Crippen molar-refractivity contribution in [2.75, 3.05) is 25.0 Å². The SMILES string of the molecule is CCN(Cc1ccc2c(c1)CCN2)CC1CCC1. The third-order valence-electron chi connectivity index (χ3n) is 4.47. The Bertz CT molecular complexity index is 410. The highest BCUT2D eigenvalue weighted by atomic mass is 15.1. The van der Waals surface area contributed by atoms with Crippen molar-refractivity contribution in [3.8, 4) is 0 Å². The summed E-state index contributed by atoms with van der Waals surface area (Å²) in [5.41, 5.74) is 4.34. The van der Waals surface area contributed by atoms with Gasteiger partial charge in [-0.25, -0.2) is 0 Å². The zero-order valence-electron chi connectivity index (χ0n) is 11.4. The largest absolute Gasteiger partial charge is 0.384 e. The first-order valence-electron chi connectivity index (χ1n) is 7.43. The van der Waals surface area contributed by atoms with E-state index in [1.54, 1.807) is 0 Å². The number of nitrogens with zero attached hydrogens (tertiary/aromatic N) is 1. The molecule has 0 saturated heterocycles. The average Bonchev–Trinajstić information content (AvgIpc) is 2.79. The smallest absolute Gasteiger partial charge is 0.0373 e. The maximum atomic E-state index is 3.43. The molecule has 2 nitrogen and oxygen atoms in total. The van der Waals surface area contributed by atoms with Crippen LogP contribution in [0, 0.1) is 5.92 Å². The maximum Gasteiger partial charge on any atom is 0.0373 e. The zero-order chi connectivity index (χ0) is 12.4. The van der Waals surface area contributed by atoms with Crippen molar-refractivity contribution >= 4 is 5.69 Å². The number of hydrogen-bond donors (Lipinski definition) is 1. The molecular formula is C16H24N2. The van der Waals surface area contributed by atoms with E-state index in [1.807, 2.05) is 0 Å². The van der Waals surface area contributed by atoms with Gasteiger partial charge in [0, 0.05) is 25.3 Å². The molecule has 1 aliphatic heterocycles. The molecule has 2 aliphatic rings. The van der Waals surface area contributed by atoms with Crippen LogP contribution in [0.3, 0.4) is 0 Å². The Morgan fingerprint density at radius 3 is 2.94 bits per heavy atom. The molecule has 0 amide bonds. The molecule has 1 saturated carbocycles. The maximum absolute atomic E-state index is 3.43. The predicted molar refractivity (Wildman–Crippen MR) is 76.9 cm³/mol. The van der Waals surface area contributed by atoms with Crippen molar-refractivity contribution in [3.05, 3.63) is 29.3 Å². The predicted octanol–water partition coefficient (Wildman–Crippen LogP) is 3.28. The van der Waals surface area contributed by atoms with E-state index in [-0.39, 0.29) is 0 Å². The molecule has 0 unspecified atom stereocenters. The monoisotopic (exact) mass is 244 g/mol. The van der Waals surface area contributed by atoms with Gasteiger partial charge in [-0.05, 0) is 48.9 Å². The highest BCUT2D eigenvalue weighted by molar-refractivity contribution is 5.56. The molecule has 0 aromatic heterocycles. The fourth-order valence-corrected chi connectivity index (χ4v) is 3.06. The minimum absolute atomic E-state index is 0.973. The number of hydrogen-bond acceptors (Lipinski definition) is 2. The summed E-state index contributed by atoms with van der Waals surface area (Å²) in [6, 6.07) is 6.95. The lowest BCUT2D eigenvalue weighted by Gasteiger charge is -2.31. The van der Waals surface area contributed by atoms with E-state index in [0.29, 0.717) is 0 Å². The summed E-state index contributed by atoms with van der Waals surface area (Å²) >= 11 is 0. The lowest BCUT2D eigenvalue weighted by atomic mass is 9.85. The first-order valence-corrected chi connectivity index (χ1v) is 7.43. The normalized spacial score (nSPS) is 18.6. The molecular weight excluding hydrogens is 220 g/mol. The van der Waals surface area contributed by atoms with Crippen molar-refractivity contribution in [1.29, 1.82) is 0 Å². The van der Waals surface area contributed by atoms with Crippen molar-refractivity contribution in [2.45, 2.75) is 39.2 Å². The Hall–Kier alpha value is -1.02. The zero-order valence-corrected chi connectivity index (χ0v) is 11.4. The van der Waals surface area contributed by atoms with E-state index in [0.717, 1.165) is 19.0 Å². The minimum Gasteiger partial charge on any atom is -0.384 e. The first kappa shape index (κ1) is 12.0. The van der Waals surface area contributed by atoms with Gasteiger partial charge in [-0.15, -0.1) is 0 Å². The lowest BCUT2D eigenvalue weighted by Crippen LogP contribution is -2.32. The third kappa shape index (κ3) is 2.54. The summed E-state index contributed by atoms with van der Waals surface area (Å²) in [7, 11) is 0. The first-order chi connectivity index (χ1) is 8.85. The molecule has 98 valence electrons. The second-order valence-corrected chi connectivity index (χ2v) is 5.79. The molecule has 1 aromatic rings. The molecule has 0 spiro atoms. The van der Waals surface area contributed by atoms with Gasteiger partial charge in [0.1, 0.15) is 0 Å². The molecule has 2 heteroatoms. The van der Waals surface area contributed by atoms with Gasteiger partial charge in [0.05, 0.1) is 0 Å². The number of benzene rings is 1. The molecule has 1 N–H and O–H groups in total. The quantitative estimate of drug-likeness (QED) is 0.855. The van der Waals surface area contributed by atoms with E-state index in [9.17, 15) is 0 Å². The summed E-state index contributed by atoms with van der Waals surface area (Å²) in [5, 5.41) is 3.43. The van der Waals surface area contributed by atoms with E-state index in [4.69, 9.17) is 0 Å². The summed E-state index contributed by atoms with van der Waals surface area (Å²) < 4.78 is 0. The van der Waals surface area contributed by atoms with E-state index >= 15 is 0 Å². The Morgan fingerprint density at radius 1 is 1.33 bits per heavy atom. The van der Waals surface area contributed by atoms with Crippen LogP contribution in [0.2, 0.25) is 0 Å². The van der Waals surface area contributed by atoms with Crippen LogP contribution in [0.4, 0.5) is 5.69 Å². The van der Waals surface area contributed by atoms with E-state index in [1.165, 1.54) is 55.6 Å². The lowest BCUT2D eigenvalue weighted by molar-refractivity contribution is 0.178. The van der Waals surface area contributed by atoms with Crippen LogP contribution in [-0.2, 0) is 13.0 Å². The van der Waals surface area contributed by atoms with Crippen molar-refractivity contribution < 1.29 is 0 Å². The standard InChI is InChI=1S/C16H24N2/c1-2-18(11-13-4-3-5-13)12-14-6-7-16-15(10-14)8-9-17-16/h6-7,10,13,17H,2-5,8-9,11-12H2,1H3. The van der Waals surface area contributed by atoms with Crippen LogP contribution < -0.4 is 5.32 Å². The molecule has 0 radical (unpaired) electrons. The Balaban J connectivity index is 1.63. The average molecular weight is 244 g/mol. The fraction of sp³-hybridized carbons (Fsp3) is 0.625. The third-order valence-corrected chi connectivity index (χ3v) is 4.47. The van der Waals surface area contributed by atoms with E-state index < -0.39 is 0 Å². The highest BCUT2D eigenvalue weighted by Gasteiger charge is 2.20. The van der Waals surface area contributed by atoms with Crippen LogP contribution in [-0.4, -0.2) is 24.5 Å². The van der Waals surface area contributed by atoms with Crippen LogP contribution in [0.25, 0.3) is 0 Å². The molecule has 1 aliphatic carbocycles. The Labute approximate surface area is 110 Å². The van der Waals surface area contributed by atoms with E-state index in [2.05, 4.69) is 35.3 Å². The van der Waals surface area contributed by atoms with Crippen LogP contribution >= 0.6 is 0 Å². The Morgan fingerprint density at radius 2 is 2.22 bits per heavy atom. The van der Waals surface area contributed by atoms with Gasteiger partial charge in [-0.2, -0.15) is 0 Å². The second-order valence-electron chi connectivity index (χ2n) is 5.79. The summed E-state index contributed by atoms with van der Waals surface area (Å²) in [6.45, 7) is 6.99. The summed E-state index contributed by atoms with van der Waals surface area (Å²) in [4.78, 5) is 2.61. The van der Waals surface area contributed by atoms with Gasteiger partial charge in [0.25, 0.3) is 0 Å². The highest BCUT2D eigenvalue weighted by Crippen LogP contribution is 2.28. The molecule has 3 rings (SSSR count). The molecule has 1 heterocycles. The van der Waals surface area contributed by atoms with Gasteiger partial charge in [-0.3, -0.25) is 4.90 Å². The molecule has 1 aromatic carbocycles. The summed E-state index contributed by atoms with van der Waals surface area (Å²) in [5.74, 6) is 0.973. The topological polar surface area (TPSA) is 15.3 Å². The Kier molecular flexibility index (Phi) is 3.55. The second kappa shape index (κ2) is 5.31. The van der Waals surface area contributed by atoms with Gasteiger partial charge >= 0.3 is 0 Å². The van der Waals surface area contributed by atoms with Crippen molar-refractivity contribution in [1.82, 2.24) is 4.90 Å². The number of nitrogens with one attached hydrogen (secondary N) is 1. The minimum atomic E-state index is 0.973.